The van der Waals surface area contributed by atoms with E-state index in [-0.39, 0.29) is 18.8 Å². The van der Waals surface area contributed by atoms with Crippen LogP contribution in [-0.2, 0) is 11.3 Å². The highest BCUT2D eigenvalue weighted by atomic mass is 35.5. The van der Waals surface area contributed by atoms with E-state index < -0.39 is 0 Å². The zero-order chi connectivity index (χ0) is 22.8. The van der Waals surface area contributed by atoms with Crippen molar-refractivity contribution in [3.05, 3.63) is 74.9 Å². The van der Waals surface area contributed by atoms with Gasteiger partial charge in [-0.1, -0.05) is 41.4 Å². The Morgan fingerprint density at radius 2 is 1.78 bits per heavy atom. The summed E-state index contributed by atoms with van der Waals surface area (Å²) in [5, 5.41) is 14.4. The van der Waals surface area contributed by atoms with Crippen LogP contribution in [0.5, 0.6) is 0 Å². The number of halogens is 2. The SMILES string of the molecule is CN(C)c1c(Cl)ccc2c(=O)c3cc(Cl)c(Nc4ccccc4)cc3n(CCOCO)c12. The largest absolute Gasteiger partial charge is 0.375 e. The van der Waals surface area contributed by atoms with Gasteiger partial charge in [0.05, 0.1) is 39.1 Å². The minimum atomic E-state index is -0.385. The van der Waals surface area contributed by atoms with Gasteiger partial charge in [0, 0.05) is 37.1 Å². The van der Waals surface area contributed by atoms with Crippen molar-refractivity contribution >= 4 is 62.1 Å². The maximum atomic E-state index is 13.5. The Balaban J connectivity index is 2.05. The van der Waals surface area contributed by atoms with E-state index in [1.807, 2.05) is 60.0 Å². The highest BCUT2D eigenvalue weighted by Crippen LogP contribution is 2.36. The van der Waals surface area contributed by atoms with Gasteiger partial charge in [0.2, 0.25) is 0 Å². The van der Waals surface area contributed by atoms with E-state index in [4.69, 9.17) is 33.0 Å². The van der Waals surface area contributed by atoms with E-state index in [0.29, 0.717) is 44.1 Å². The Kier molecular flexibility index (Phi) is 6.58. The van der Waals surface area contributed by atoms with Gasteiger partial charge in [0.15, 0.2) is 5.43 Å². The molecular weight excluding hydrogens is 449 g/mol. The minimum absolute atomic E-state index is 0.123. The average molecular weight is 472 g/mol. The number of nitrogens with zero attached hydrogens (tertiary/aromatic N) is 2. The molecule has 0 radical (unpaired) electrons. The molecule has 0 aliphatic heterocycles. The number of hydrogen-bond acceptors (Lipinski definition) is 5. The van der Waals surface area contributed by atoms with Crippen LogP contribution < -0.4 is 15.6 Å². The van der Waals surface area contributed by atoms with Crippen molar-refractivity contribution in [1.29, 1.82) is 0 Å². The highest BCUT2D eigenvalue weighted by Gasteiger charge is 2.19. The lowest BCUT2D eigenvalue weighted by atomic mass is 10.1. The molecule has 32 heavy (non-hydrogen) atoms. The Morgan fingerprint density at radius 1 is 1.03 bits per heavy atom. The molecule has 4 rings (SSSR count). The maximum absolute atomic E-state index is 13.5. The third-order valence-electron chi connectivity index (χ3n) is 5.29. The first-order valence-corrected chi connectivity index (χ1v) is 10.8. The quantitative estimate of drug-likeness (QED) is 0.219. The number of anilines is 3. The molecule has 0 aliphatic carbocycles. The molecule has 0 spiro atoms. The molecule has 0 saturated carbocycles. The third kappa shape index (κ3) is 4.14. The predicted octanol–water partition coefficient (Wildman–Crippen LogP) is 5.24. The van der Waals surface area contributed by atoms with Gasteiger partial charge in [-0.3, -0.25) is 4.79 Å². The molecular formula is C24H23Cl2N3O3. The first kappa shape index (κ1) is 22.4. The Bertz CT molecular complexity index is 1340. The summed E-state index contributed by atoms with van der Waals surface area (Å²) in [6.07, 6.45) is 0. The van der Waals surface area contributed by atoms with Gasteiger partial charge < -0.3 is 24.6 Å². The smallest absolute Gasteiger partial charge is 0.197 e. The van der Waals surface area contributed by atoms with Crippen LogP contribution in [0.25, 0.3) is 21.8 Å². The monoisotopic (exact) mass is 471 g/mol. The Hall–Kier alpha value is -2.77. The normalized spacial score (nSPS) is 11.3. The van der Waals surface area contributed by atoms with E-state index in [0.717, 1.165) is 11.4 Å². The molecule has 166 valence electrons. The van der Waals surface area contributed by atoms with Crippen molar-refractivity contribution in [3.63, 3.8) is 0 Å². The fourth-order valence-corrected chi connectivity index (χ4v) is 4.43. The number of fused-ring (bicyclic) bond motifs is 2. The van der Waals surface area contributed by atoms with Crippen LogP contribution in [0.2, 0.25) is 10.0 Å². The van der Waals surface area contributed by atoms with Gasteiger partial charge in [-0.15, -0.1) is 0 Å². The van der Waals surface area contributed by atoms with Crippen molar-refractivity contribution < 1.29 is 9.84 Å². The molecule has 8 heteroatoms. The summed E-state index contributed by atoms with van der Waals surface area (Å²) in [5.74, 6) is 0. The molecule has 0 bridgehead atoms. The molecule has 2 N–H and O–H groups in total. The summed E-state index contributed by atoms with van der Waals surface area (Å²) < 4.78 is 7.21. The van der Waals surface area contributed by atoms with Crippen molar-refractivity contribution in [2.24, 2.45) is 0 Å². The van der Waals surface area contributed by atoms with Crippen molar-refractivity contribution in [2.45, 2.75) is 6.54 Å². The zero-order valence-electron chi connectivity index (χ0n) is 17.7. The van der Waals surface area contributed by atoms with Crippen molar-refractivity contribution in [2.75, 3.05) is 37.7 Å². The van der Waals surface area contributed by atoms with Gasteiger partial charge in [-0.05, 0) is 36.4 Å². The molecule has 0 amide bonds. The second-order valence-electron chi connectivity index (χ2n) is 7.54. The van der Waals surface area contributed by atoms with Crippen LogP contribution >= 0.6 is 23.2 Å². The van der Waals surface area contributed by atoms with Gasteiger partial charge in [-0.2, -0.15) is 0 Å². The second-order valence-corrected chi connectivity index (χ2v) is 8.36. The lowest BCUT2D eigenvalue weighted by Crippen LogP contribution is -2.19. The Morgan fingerprint density at radius 3 is 2.47 bits per heavy atom. The topological polar surface area (TPSA) is 66.7 Å². The molecule has 1 aromatic heterocycles. The third-order valence-corrected chi connectivity index (χ3v) is 5.91. The highest BCUT2D eigenvalue weighted by molar-refractivity contribution is 6.35. The number of pyridine rings is 1. The van der Waals surface area contributed by atoms with Gasteiger partial charge >= 0.3 is 0 Å². The maximum Gasteiger partial charge on any atom is 0.197 e. The number of aliphatic hydroxyl groups is 1. The van der Waals surface area contributed by atoms with Crippen molar-refractivity contribution in [1.82, 2.24) is 4.57 Å². The molecule has 6 nitrogen and oxygen atoms in total. The van der Waals surface area contributed by atoms with Crippen molar-refractivity contribution in [3.8, 4) is 0 Å². The number of aliphatic hydroxyl groups excluding tert-OH is 1. The van der Waals surface area contributed by atoms with Crippen LogP contribution in [0.4, 0.5) is 17.1 Å². The molecule has 4 aromatic rings. The molecule has 3 aromatic carbocycles. The van der Waals surface area contributed by atoms with E-state index in [1.54, 1.807) is 18.2 Å². The van der Waals surface area contributed by atoms with Gasteiger partial charge in [-0.25, -0.2) is 0 Å². The molecule has 0 aliphatic rings. The van der Waals surface area contributed by atoms with E-state index in [1.165, 1.54) is 0 Å². The summed E-state index contributed by atoms with van der Waals surface area (Å²) >= 11 is 13.1. The lowest BCUT2D eigenvalue weighted by Gasteiger charge is -2.23. The fourth-order valence-electron chi connectivity index (χ4n) is 3.89. The van der Waals surface area contributed by atoms with E-state index in [2.05, 4.69) is 5.32 Å². The molecule has 0 saturated heterocycles. The summed E-state index contributed by atoms with van der Waals surface area (Å²) in [6.45, 7) is 0.276. The summed E-state index contributed by atoms with van der Waals surface area (Å²) in [7, 11) is 3.77. The molecule has 0 atom stereocenters. The van der Waals surface area contributed by atoms with Crippen LogP contribution in [0, 0.1) is 0 Å². The minimum Gasteiger partial charge on any atom is -0.375 e. The zero-order valence-corrected chi connectivity index (χ0v) is 19.2. The number of hydrogen-bond donors (Lipinski definition) is 2. The first-order chi connectivity index (χ1) is 15.4. The van der Waals surface area contributed by atoms with E-state index >= 15 is 0 Å². The Labute approximate surface area is 195 Å². The lowest BCUT2D eigenvalue weighted by molar-refractivity contribution is -0.00398. The molecule has 0 fully saturated rings. The standard InChI is InChI=1S/C24H23Cl2N3O3/c1-28(2)23-18(25)9-8-16-22(23)29(10-11-32-14-30)21-13-20(19(26)12-17(21)24(16)31)27-15-6-4-3-5-7-15/h3-9,12-13,27,30H,10-11,14H2,1-2H3. The van der Waals surface area contributed by atoms with Gasteiger partial charge in [0.25, 0.3) is 0 Å². The number of aromatic nitrogens is 1. The number of benzene rings is 3. The predicted molar refractivity (Wildman–Crippen MR) is 133 cm³/mol. The average Bonchev–Trinajstić information content (AvgIpc) is 2.77. The summed E-state index contributed by atoms with van der Waals surface area (Å²) in [4.78, 5) is 15.3. The summed E-state index contributed by atoms with van der Waals surface area (Å²) in [5.41, 5.74) is 3.56. The van der Waals surface area contributed by atoms with Crippen LogP contribution in [0.15, 0.2) is 59.4 Å². The van der Waals surface area contributed by atoms with Gasteiger partial charge in [0.1, 0.15) is 6.79 Å². The van der Waals surface area contributed by atoms with Crippen LogP contribution in [0.1, 0.15) is 0 Å². The summed E-state index contributed by atoms with van der Waals surface area (Å²) in [6, 6.07) is 16.7. The molecule has 1 heterocycles. The number of ether oxygens (including phenoxy) is 1. The number of nitrogens with one attached hydrogen (secondary N) is 1. The van der Waals surface area contributed by atoms with Crippen LogP contribution in [0.3, 0.4) is 0 Å². The fraction of sp³-hybridized carbons (Fsp3) is 0.208. The van der Waals surface area contributed by atoms with Crippen LogP contribution in [-0.4, -0.2) is 37.2 Å². The molecule has 0 unspecified atom stereocenters. The number of rotatable bonds is 7. The van der Waals surface area contributed by atoms with E-state index in [9.17, 15) is 4.79 Å². The first-order valence-electron chi connectivity index (χ1n) is 10.1. The second kappa shape index (κ2) is 9.38. The number of para-hydroxylation sites is 1.